The molecule has 2 heterocycles. The normalized spacial score (nSPS) is 27.7. The largest absolute Gasteiger partial charge is 0.367 e. The molecular formula is C20H25FN4O. The number of aromatic nitrogens is 1. The molecule has 0 bridgehead atoms. The number of hydrogen-bond donors (Lipinski definition) is 2. The minimum Gasteiger partial charge on any atom is -0.367 e. The Morgan fingerprint density at radius 3 is 2.62 bits per heavy atom. The first-order chi connectivity index (χ1) is 12.4. The number of fused-ring (bicyclic) bond motifs is 2. The first-order valence-corrected chi connectivity index (χ1v) is 9.54. The van der Waals surface area contributed by atoms with Crippen molar-refractivity contribution >= 4 is 16.6 Å². The third kappa shape index (κ3) is 2.12. The minimum absolute atomic E-state index is 0.0297. The van der Waals surface area contributed by atoms with Crippen LogP contribution in [-0.2, 0) is 6.54 Å². The van der Waals surface area contributed by atoms with Crippen LogP contribution in [0.1, 0.15) is 42.9 Å². The van der Waals surface area contributed by atoms with E-state index >= 15 is 4.39 Å². The van der Waals surface area contributed by atoms with Crippen LogP contribution in [0, 0.1) is 18.7 Å². The van der Waals surface area contributed by atoms with Gasteiger partial charge in [0.1, 0.15) is 5.82 Å². The predicted molar refractivity (Wildman–Crippen MR) is 101 cm³/mol. The summed E-state index contributed by atoms with van der Waals surface area (Å²) in [6.07, 6.45) is 4.12. The molecule has 3 aliphatic rings. The van der Waals surface area contributed by atoms with Gasteiger partial charge in [-0.05, 0) is 55.7 Å². The molecule has 4 N–H and O–H groups in total. The van der Waals surface area contributed by atoms with Crippen molar-refractivity contribution in [2.45, 2.75) is 50.7 Å². The number of aryl methyl sites for hydroxylation is 1. The number of anilines is 1. The van der Waals surface area contributed by atoms with E-state index in [2.05, 4.69) is 4.90 Å². The fourth-order valence-electron chi connectivity index (χ4n) is 5.03. The summed E-state index contributed by atoms with van der Waals surface area (Å²) in [5.74, 6) is 0.202. The molecule has 2 aliphatic carbocycles. The van der Waals surface area contributed by atoms with E-state index in [0.29, 0.717) is 23.7 Å². The van der Waals surface area contributed by atoms with Gasteiger partial charge >= 0.3 is 0 Å². The van der Waals surface area contributed by atoms with E-state index < -0.39 is 0 Å². The zero-order chi connectivity index (χ0) is 18.2. The molecule has 2 atom stereocenters. The number of halogens is 1. The third-order valence-electron chi connectivity index (χ3n) is 6.73. The SMILES string of the molecule is Cc1c(N2C[C@H]3CC[C@@]3(N)C2)c(F)cc2c(CN)cc(=O)n(C3CC3)c12. The smallest absolute Gasteiger partial charge is 0.251 e. The van der Waals surface area contributed by atoms with Gasteiger partial charge in [0.15, 0.2) is 0 Å². The van der Waals surface area contributed by atoms with Crippen LogP contribution in [0.5, 0.6) is 0 Å². The molecule has 0 amide bonds. The Bertz CT molecular complexity index is 980. The van der Waals surface area contributed by atoms with Gasteiger partial charge in [-0.3, -0.25) is 4.79 Å². The van der Waals surface area contributed by atoms with E-state index in [1.807, 2.05) is 11.5 Å². The van der Waals surface area contributed by atoms with Crippen LogP contribution in [0.2, 0.25) is 0 Å². The summed E-state index contributed by atoms with van der Waals surface area (Å²) in [5.41, 5.74) is 15.1. The van der Waals surface area contributed by atoms with Gasteiger partial charge in [-0.25, -0.2) is 4.39 Å². The maximum absolute atomic E-state index is 15.2. The van der Waals surface area contributed by atoms with E-state index in [0.717, 1.165) is 48.7 Å². The van der Waals surface area contributed by atoms with Crippen LogP contribution < -0.4 is 21.9 Å². The van der Waals surface area contributed by atoms with Gasteiger partial charge in [0.25, 0.3) is 5.56 Å². The first-order valence-electron chi connectivity index (χ1n) is 9.54. The lowest BCUT2D eigenvalue weighted by atomic mass is 9.70. The average molecular weight is 356 g/mol. The van der Waals surface area contributed by atoms with Crippen LogP contribution in [-0.4, -0.2) is 23.2 Å². The van der Waals surface area contributed by atoms with Crippen molar-refractivity contribution in [1.82, 2.24) is 4.57 Å². The van der Waals surface area contributed by atoms with E-state index in [-0.39, 0.29) is 29.5 Å². The Kier molecular flexibility index (Phi) is 3.32. The number of pyridine rings is 1. The van der Waals surface area contributed by atoms with E-state index in [1.165, 1.54) is 0 Å². The van der Waals surface area contributed by atoms with Gasteiger partial charge in [0.05, 0.1) is 11.2 Å². The molecule has 5 nitrogen and oxygen atoms in total. The summed E-state index contributed by atoms with van der Waals surface area (Å²) in [6.45, 7) is 3.64. The molecule has 1 aliphatic heterocycles. The summed E-state index contributed by atoms with van der Waals surface area (Å²) in [4.78, 5) is 14.8. The lowest BCUT2D eigenvalue weighted by Crippen LogP contribution is -2.54. The van der Waals surface area contributed by atoms with Gasteiger partial charge in [-0.2, -0.15) is 0 Å². The van der Waals surface area contributed by atoms with Crippen LogP contribution in [0.3, 0.4) is 0 Å². The molecule has 0 spiro atoms. The van der Waals surface area contributed by atoms with Crippen molar-refractivity contribution in [3.63, 3.8) is 0 Å². The molecule has 26 heavy (non-hydrogen) atoms. The fourth-order valence-corrected chi connectivity index (χ4v) is 5.03. The molecule has 5 rings (SSSR count). The Morgan fingerprint density at radius 1 is 1.31 bits per heavy atom. The van der Waals surface area contributed by atoms with Crippen molar-refractivity contribution in [2.75, 3.05) is 18.0 Å². The van der Waals surface area contributed by atoms with E-state index in [9.17, 15) is 4.79 Å². The molecule has 1 aromatic heterocycles. The molecular weight excluding hydrogens is 331 g/mol. The third-order valence-corrected chi connectivity index (χ3v) is 6.73. The second-order valence-corrected chi connectivity index (χ2v) is 8.39. The van der Waals surface area contributed by atoms with E-state index in [4.69, 9.17) is 11.5 Å². The Labute approximate surface area is 151 Å². The maximum Gasteiger partial charge on any atom is 0.251 e. The average Bonchev–Trinajstić information content (AvgIpc) is 3.39. The zero-order valence-electron chi connectivity index (χ0n) is 15.1. The van der Waals surface area contributed by atoms with Gasteiger partial charge < -0.3 is 20.9 Å². The highest BCUT2D eigenvalue weighted by atomic mass is 19.1. The quantitative estimate of drug-likeness (QED) is 0.884. The second kappa shape index (κ2) is 5.30. The minimum atomic E-state index is -0.240. The molecule has 3 fully saturated rings. The Hall–Kier alpha value is -1.92. The summed E-state index contributed by atoms with van der Waals surface area (Å²) in [5, 5.41) is 0.766. The summed E-state index contributed by atoms with van der Waals surface area (Å²) in [6, 6.07) is 3.37. The fraction of sp³-hybridized carbons (Fsp3) is 0.550. The number of benzene rings is 1. The number of nitrogens with two attached hydrogens (primary N) is 2. The lowest BCUT2D eigenvalue weighted by Gasteiger charge is -2.40. The highest BCUT2D eigenvalue weighted by Gasteiger charge is 2.50. The molecule has 138 valence electrons. The molecule has 1 saturated heterocycles. The van der Waals surface area contributed by atoms with Gasteiger partial charge in [-0.1, -0.05) is 0 Å². The maximum atomic E-state index is 15.2. The van der Waals surface area contributed by atoms with Gasteiger partial charge in [0, 0.05) is 42.7 Å². The standard InChI is InChI=1S/C20H25FN4O/c1-11-18-15(12(8-22)6-17(26)25(18)14-2-3-14)7-16(21)19(11)24-9-13-4-5-20(13,23)10-24/h6-7,13-14H,2-5,8-10,22-23H2,1H3/t13-,20-/m1/s1. The number of hydrogen-bond acceptors (Lipinski definition) is 4. The zero-order valence-corrected chi connectivity index (χ0v) is 15.1. The lowest BCUT2D eigenvalue weighted by molar-refractivity contribution is 0.189. The molecule has 2 aromatic rings. The van der Waals surface area contributed by atoms with Crippen LogP contribution >= 0.6 is 0 Å². The number of rotatable bonds is 3. The van der Waals surface area contributed by atoms with Crippen LogP contribution in [0.4, 0.5) is 10.1 Å². The summed E-state index contributed by atoms with van der Waals surface area (Å²) >= 11 is 0. The van der Waals surface area contributed by atoms with Gasteiger partial charge in [0.2, 0.25) is 0 Å². The summed E-state index contributed by atoms with van der Waals surface area (Å²) < 4.78 is 17.0. The number of nitrogens with zero attached hydrogens (tertiary/aromatic N) is 2. The summed E-state index contributed by atoms with van der Waals surface area (Å²) in [7, 11) is 0. The molecule has 0 unspecified atom stereocenters. The van der Waals surface area contributed by atoms with Crippen LogP contribution in [0.15, 0.2) is 16.9 Å². The topological polar surface area (TPSA) is 77.3 Å². The van der Waals surface area contributed by atoms with Crippen molar-refractivity contribution < 1.29 is 4.39 Å². The molecule has 6 heteroatoms. The monoisotopic (exact) mass is 356 g/mol. The second-order valence-electron chi connectivity index (χ2n) is 8.39. The predicted octanol–water partition coefficient (Wildman–Crippen LogP) is 2.17. The molecule has 2 saturated carbocycles. The highest BCUT2D eigenvalue weighted by Crippen LogP contribution is 2.46. The molecule has 0 radical (unpaired) electrons. The van der Waals surface area contributed by atoms with Gasteiger partial charge in [-0.15, -0.1) is 0 Å². The highest BCUT2D eigenvalue weighted by molar-refractivity contribution is 5.90. The van der Waals surface area contributed by atoms with Crippen molar-refractivity contribution in [2.24, 2.45) is 17.4 Å². The van der Waals surface area contributed by atoms with E-state index in [1.54, 1.807) is 12.1 Å². The molecule has 1 aromatic carbocycles. The van der Waals surface area contributed by atoms with Crippen molar-refractivity contribution in [1.29, 1.82) is 0 Å². The first kappa shape index (κ1) is 16.3. The van der Waals surface area contributed by atoms with Crippen molar-refractivity contribution in [3.05, 3.63) is 39.4 Å². The van der Waals surface area contributed by atoms with Crippen LogP contribution in [0.25, 0.3) is 10.9 Å². The Balaban J connectivity index is 1.75. The van der Waals surface area contributed by atoms with Crippen molar-refractivity contribution in [3.8, 4) is 0 Å². The Morgan fingerprint density at radius 2 is 2.08 bits per heavy atom.